The maximum absolute atomic E-state index is 6.46. The highest BCUT2D eigenvalue weighted by Crippen LogP contribution is 2.43. The van der Waals surface area contributed by atoms with Gasteiger partial charge in [0.2, 0.25) is 0 Å². The molecule has 0 amide bonds. The molecule has 0 heterocycles. The van der Waals surface area contributed by atoms with Crippen LogP contribution in [-0.4, -0.2) is 0 Å². The molecule has 4 aromatic rings. The molecule has 128 valence electrons. The van der Waals surface area contributed by atoms with Gasteiger partial charge in [0.1, 0.15) is 0 Å². The van der Waals surface area contributed by atoms with Crippen LogP contribution in [0.4, 0.5) is 11.4 Å². The first-order valence-corrected chi connectivity index (χ1v) is 9.32. The Hall–Kier alpha value is -3.00. The fourth-order valence-corrected chi connectivity index (χ4v) is 4.21. The maximum Gasteiger partial charge on any atom is 0.0401 e. The highest BCUT2D eigenvalue weighted by Gasteiger charge is 2.20. The van der Waals surface area contributed by atoms with Crippen molar-refractivity contribution in [2.45, 2.75) is 25.2 Å². The lowest BCUT2D eigenvalue weighted by molar-refractivity contribution is 0.420. The van der Waals surface area contributed by atoms with Gasteiger partial charge in [-0.2, -0.15) is 0 Å². The number of anilines is 2. The van der Waals surface area contributed by atoms with Crippen molar-refractivity contribution in [1.29, 1.82) is 0 Å². The van der Waals surface area contributed by atoms with E-state index in [-0.39, 0.29) is 0 Å². The first kappa shape index (κ1) is 15.3. The molecule has 0 aliphatic heterocycles. The highest BCUT2D eigenvalue weighted by molar-refractivity contribution is 6.12. The van der Waals surface area contributed by atoms with Gasteiger partial charge in [0.05, 0.1) is 0 Å². The molecule has 4 aromatic carbocycles. The summed E-state index contributed by atoms with van der Waals surface area (Å²) in [5.41, 5.74) is 18.0. The van der Waals surface area contributed by atoms with E-state index in [1.807, 2.05) is 12.1 Å². The minimum Gasteiger partial charge on any atom is -0.398 e. The zero-order valence-electron chi connectivity index (χ0n) is 14.7. The predicted molar refractivity (Wildman–Crippen MR) is 112 cm³/mol. The Morgan fingerprint density at radius 1 is 0.654 bits per heavy atom. The summed E-state index contributed by atoms with van der Waals surface area (Å²) < 4.78 is 0. The van der Waals surface area contributed by atoms with Crippen molar-refractivity contribution < 1.29 is 0 Å². The normalized spacial score (nSPS) is 14.6. The van der Waals surface area contributed by atoms with E-state index in [0.29, 0.717) is 0 Å². The zero-order chi connectivity index (χ0) is 17.7. The van der Waals surface area contributed by atoms with Gasteiger partial charge in [0.15, 0.2) is 0 Å². The summed E-state index contributed by atoms with van der Waals surface area (Å²) in [6.07, 6.45) is 3.97. The van der Waals surface area contributed by atoms with E-state index in [1.54, 1.807) is 0 Å². The number of hydrogen-bond acceptors (Lipinski definition) is 2. The SMILES string of the molecule is Nc1ccc2ccccc2c1-c1c(N)ccc2cc(C3CCC3)ccc12. The largest absolute Gasteiger partial charge is 0.398 e. The van der Waals surface area contributed by atoms with E-state index in [0.717, 1.165) is 33.8 Å². The molecule has 4 N–H and O–H groups in total. The van der Waals surface area contributed by atoms with Gasteiger partial charge in [-0.1, -0.05) is 61.0 Å². The summed E-state index contributed by atoms with van der Waals surface area (Å²) in [7, 11) is 0. The molecule has 0 spiro atoms. The molecule has 0 atom stereocenters. The van der Waals surface area contributed by atoms with Crippen LogP contribution in [0.25, 0.3) is 32.7 Å². The van der Waals surface area contributed by atoms with Crippen molar-refractivity contribution in [2.75, 3.05) is 11.5 Å². The molecule has 2 nitrogen and oxygen atoms in total. The van der Waals surface area contributed by atoms with Crippen molar-refractivity contribution in [3.05, 3.63) is 72.3 Å². The van der Waals surface area contributed by atoms with Gasteiger partial charge in [-0.25, -0.2) is 0 Å². The Morgan fingerprint density at radius 2 is 1.31 bits per heavy atom. The van der Waals surface area contributed by atoms with E-state index in [9.17, 15) is 0 Å². The van der Waals surface area contributed by atoms with Crippen LogP contribution in [-0.2, 0) is 0 Å². The van der Waals surface area contributed by atoms with E-state index in [2.05, 4.69) is 54.6 Å². The summed E-state index contributed by atoms with van der Waals surface area (Å²) in [5, 5.41) is 4.75. The molecule has 0 bridgehead atoms. The third kappa shape index (κ3) is 2.26. The second-order valence-electron chi connectivity index (χ2n) is 7.39. The lowest BCUT2D eigenvalue weighted by Gasteiger charge is -2.26. The molecule has 1 fully saturated rings. The molecular formula is C24H22N2. The van der Waals surface area contributed by atoms with Gasteiger partial charge in [-0.3, -0.25) is 0 Å². The summed E-state index contributed by atoms with van der Waals surface area (Å²) in [6, 6.07) is 23.4. The standard InChI is InChI=1S/C24H22N2/c25-21-12-9-16-4-1-2-7-19(16)23(21)24-20-11-8-17(15-5-3-6-15)14-18(20)10-13-22(24)26/h1-2,4,7-15H,3,5-6,25-26H2. The van der Waals surface area contributed by atoms with Crippen LogP contribution in [0, 0.1) is 0 Å². The second-order valence-corrected chi connectivity index (χ2v) is 7.39. The van der Waals surface area contributed by atoms with Gasteiger partial charge in [0.25, 0.3) is 0 Å². The van der Waals surface area contributed by atoms with Crippen LogP contribution in [0.5, 0.6) is 0 Å². The van der Waals surface area contributed by atoms with E-state index < -0.39 is 0 Å². The van der Waals surface area contributed by atoms with Crippen molar-refractivity contribution >= 4 is 32.9 Å². The molecule has 0 unspecified atom stereocenters. The molecule has 5 rings (SSSR count). The average Bonchev–Trinajstić information content (AvgIpc) is 2.61. The fourth-order valence-electron chi connectivity index (χ4n) is 4.21. The molecule has 0 aromatic heterocycles. The van der Waals surface area contributed by atoms with Crippen molar-refractivity contribution in [3.8, 4) is 11.1 Å². The molecule has 0 radical (unpaired) electrons. The third-order valence-corrected chi connectivity index (χ3v) is 5.86. The number of rotatable bonds is 2. The molecule has 1 aliphatic rings. The number of nitrogen functional groups attached to an aromatic ring is 2. The average molecular weight is 338 g/mol. The second kappa shape index (κ2) is 5.77. The van der Waals surface area contributed by atoms with Gasteiger partial charge in [-0.05, 0) is 58.0 Å². The summed E-state index contributed by atoms with van der Waals surface area (Å²) >= 11 is 0. The Morgan fingerprint density at radius 3 is 2.00 bits per heavy atom. The first-order chi connectivity index (χ1) is 12.7. The predicted octanol–water partition coefficient (Wildman–Crippen LogP) is 6.09. The zero-order valence-corrected chi connectivity index (χ0v) is 14.7. The lowest BCUT2D eigenvalue weighted by Crippen LogP contribution is -2.08. The summed E-state index contributed by atoms with van der Waals surface area (Å²) in [6.45, 7) is 0. The van der Waals surface area contributed by atoms with Crippen molar-refractivity contribution in [2.24, 2.45) is 0 Å². The monoisotopic (exact) mass is 338 g/mol. The molecule has 1 saturated carbocycles. The van der Waals surface area contributed by atoms with Gasteiger partial charge < -0.3 is 11.5 Å². The Kier molecular flexibility index (Phi) is 3.39. The number of fused-ring (bicyclic) bond motifs is 2. The van der Waals surface area contributed by atoms with Crippen LogP contribution < -0.4 is 11.5 Å². The Labute approximate surface area is 153 Å². The molecule has 1 aliphatic carbocycles. The fraction of sp³-hybridized carbons (Fsp3) is 0.167. The molecule has 2 heteroatoms. The smallest absolute Gasteiger partial charge is 0.0401 e. The highest BCUT2D eigenvalue weighted by atomic mass is 14.6. The Bertz CT molecular complexity index is 1140. The van der Waals surface area contributed by atoms with E-state index in [1.165, 1.54) is 41.0 Å². The van der Waals surface area contributed by atoms with Crippen LogP contribution in [0.1, 0.15) is 30.7 Å². The topological polar surface area (TPSA) is 52.0 Å². The van der Waals surface area contributed by atoms with Crippen molar-refractivity contribution in [3.63, 3.8) is 0 Å². The lowest BCUT2D eigenvalue weighted by atomic mass is 9.79. The maximum atomic E-state index is 6.46. The van der Waals surface area contributed by atoms with Crippen LogP contribution in [0.2, 0.25) is 0 Å². The molecule has 0 saturated heterocycles. The molecule has 26 heavy (non-hydrogen) atoms. The number of nitrogens with two attached hydrogens (primary N) is 2. The first-order valence-electron chi connectivity index (χ1n) is 9.32. The van der Waals surface area contributed by atoms with Gasteiger partial charge in [0, 0.05) is 22.5 Å². The van der Waals surface area contributed by atoms with Crippen molar-refractivity contribution in [1.82, 2.24) is 0 Å². The number of hydrogen-bond donors (Lipinski definition) is 2. The van der Waals surface area contributed by atoms with Crippen LogP contribution in [0.3, 0.4) is 0 Å². The number of benzene rings is 4. The van der Waals surface area contributed by atoms with E-state index in [4.69, 9.17) is 11.5 Å². The molecular weight excluding hydrogens is 316 g/mol. The summed E-state index contributed by atoms with van der Waals surface area (Å²) in [5.74, 6) is 0.725. The quantitative estimate of drug-likeness (QED) is 0.434. The van der Waals surface area contributed by atoms with Gasteiger partial charge >= 0.3 is 0 Å². The third-order valence-electron chi connectivity index (χ3n) is 5.86. The van der Waals surface area contributed by atoms with Gasteiger partial charge in [-0.15, -0.1) is 0 Å². The minimum atomic E-state index is 0.725. The summed E-state index contributed by atoms with van der Waals surface area (Å²) in [4.78, 5) is 0. The minimum absolute atomic E-state index is 0.725. The van der Waals surface area contributed by atoms with Crippen LogP contribution in [0.15, 0.2) is 66.7 Å². The van der Waals surface area contributed by atoms with E-state index >= 15 is 0 Å². The van der Waals surface area contributed by atoms with Crippen LogP contribution >= 0.6 is 0 Å². The Balaban J connectivity index is 1.82.